The smallest absolute Gasteiger partial charge is 0.0655 e. The summed E-state index contributed by atoms with van der Waals surface area (Å²) in [6.45, 7) is 5.40. The molecule has 0 amide bonds. The Hall–Kier alpha value is -0.400. The molecule has 0 atom stereocenters. The van der Waals surface area contributed by atoms with Crippen LogP contribution in [0.15, 0.2) is 12.1 Å². The average Bonchev–Trinajstić information content (AvgIpc) is 2.57. The normalized spacial score (nSPS) is 17.3. The first-order chi connectivity index (χ1) is 7.13. The number of halogens is 2. The molecular weight excluding hydrogens is 229 g/mol. The van der Waals surface area contributed by atoms with Gasteiger partial charge in [0.2, 0.25) is 0 Å². The van der Waals surface area contributed by atoms with Gasteiger partial charge in [0.15, 0.2) is 0 Å². The highest BCUT2D eigenvalue weighted by molar-refractivity contribution is 6.36. The van der Waals surface area contributed by atoms with Gasteiger partial charge >= 0.3 is 0 Å². The summed E-state index contributed by atoms with van der Waals surface area (Å²) in [4.78, 5) is 0. The van der Waals surface area contributed by atoms with Crippen molar-refractivity contribution in [1.82, 2.24) is 0 Å². The molecule has 1 aromatic carbocycles. The van der Waals surface area contributed by atoms with E-state index < -0.39 is 0 Å². The second-order valence-electron chi connectivity index (χ2n) is 4.15. The molecule has 0 radical (unpaired) electrons. The number of anilines is 1. The highest BCUT2D eigenvalue weighted by atomic mass is 35.5. The fourth-order valence-electron chi connectivity index (χ4n) is 2.41. The molecule has 1 nitrogen and oxygen atoms in total. The van der Waals surface area contributed by atoms with Gasteiger partial charge in [-0.15, -0.1) is 0 Å². The predicted molar refractivity (Wildman–Crippen MR) is 67.2 cm³/mol. The minimum atomic E-state index is 0.212. The van der Waals surface area contributed by atoms with Crippen molar-refractivity contribution < 1.29 is 0 Å². The lowest BCUT2D eigenvalue weighted by molar-refractivity contribution is 0.437. The Morgan fingerprint density at radius 3 is 2.53 bits per heavy atom. The Labute approximate surface area is 101 Å². The molecule has 0 bridgehead atoms. The Bertz CT molecular complexity index is 383. The molecule has 1 aromatic rings. The first-order valence-corrected chi connectivity index (χ1v) is 6.12. The van der Waals surface area contributed by atoms with Crippen LogP contribution >= 0.6 is 23.2 Å². The fraction of sp³-hybridized carbons (Fsp3) is 0.500. The summed E-state index contributed by atoms with van der Waals surface area (Å²) in [6.07, 6.45) is 2.22. The molecule has 15 heavy (non-hydrogen) atoms. The third-order valence-corrected chi connectivity index (χ3v) is 4.10. The van der Waals surface area contributed by atoms with E-state index in [-0.39, 0.29) is 5.41 Å². The first kappa shape index (κ1) is 11.1. The monoisotopic (exact) mass is 243 g/mol. The first-order valence-electron chi connectivity index (χ1n) is 5.36. The highest BCUT2D eigenvalue weighted by Crippen LogP contribution is 2.46. The quantitative estimate of drug-likeness (QED) is 0.808. The van der Waals surface area contributed by atoms with Crippen LogP contribution in [-0.4, -0.2) is 6.54 Å². The van der Waals surface area contributed by atoms with Crippen molar-refractivity contribution in [3.05, 3.63) is 27.7 Å². The van der Waals surface area contributed by atoms with Crippen molar-refractivity contribution >= 4 is 28.9 Å². The summed E-state index contributed by atoms with van der Waals surface area (Å²) >= 11 is 12.2. The van der Waals surface area contributed by atoms with Gasteiger partial charge in [-0.1, -0.05) is 37.0 Å². The molecule has 2 rings (SSSR count). The number of hydrogen-bond acceptors (Lipinski definition) is 1. The van der Waals surface area contributed by atoms with Crippen LogP contribution in [0.1, 0.15) is 32.3 Å². The largest absolute Gasteiger partial charge is 0.383 e. The number of rotatable bonds is 2. The van der Waals surface area contributed by atoms with Crippen LogP contribution in [0.2, 0.25) is 10.0 Å². The lowest BCUT2D eigenvalue weighted by atomic mass is 9.78. The maximum atomic E-state index is 6.17. The zero-order valence-electron chi connectivity index (χ0n) is 9.03. The lowest BCUT2D eigenvalue weighted by Gasteiger charge is -2.26. The molecule has 1 aliphatic heterocycles. The van der Waals surface area contributed by atoms with E-state index in [0.717, 1.165) is 35.1 Å². The molecule has 1 N–H and O–H groups in total. The number of fused-ring (bicyclic) bond motifs is 1. The van der Waals surface area contributed by atoms with Gasteiger partial charge < -0.3 is 5.32 Å². The summed E-state index contributed by atoms with van der Waals surface area (Å²) < 4.78 is 0. The van der Waals surface area contributed by atoms with Crippen molar-refractivity contribution in [2.45, 2.75) is 32.1 Å². The molecule has 0 unspecified atom stereocenters. The van der Waals surface area contributed by atoms with E-state index >= 15 is 0 Å². The van der Waals surface area contributed by atoms with E-state index in [4.69, 9.17) is 23.2 Å². The maximum Gasteiger partial charge on any atom is 0.0655 e. The third-order valence-electron chi connectivity index (χ3n) is 3.58. The second kappa shape index (κ2) is 3.88. The fourth-order valence-corrected chi connectivity index (χ4v) is 2.97. The SMILES string of the molecule is CCC1(CC)CNc2c(Cl)cc(Cl)cc21. The molecule has 82 valence electrons. The molecule has 1 aliphatic rings. The minimum Gasteiger partial charge on any atom is -0.383 e. The van der Waals surface area contributed by atoms with Crippen LogP contribution in [-0.2, 0) is 5.41 Å². The van der Waals surface area contributed by atoms with E-state index in [1.165, 1.54) is 5.56 Å². The number of nitrogens with one attached hydrogen (secondary N) is 1. The zero-order chi connectivity index (χ0) is 11.1. The third kappa shape index (κ3) is 1.62. The van der Waals surface area contributed by atoms with Crippen LogP contribution in [0.5, 0.6) is 0 Å². The Morgan fingerprint density at radius 1 is 1.27 bits per heavy atom. The summed E-state index contributed by atoms with van der Waals surface area (Å²) in [5, 5.41) is 4.87. The maximum absolute atomic E-state index is 6.17. The van der Waals surface area contributed by atoms with Gasteiger partial charge in [0, 0.05) is 17.0 Å². The molecule has 0 spiro atoms. The standard InChI is InChI=1S/C12H15Cl2N/c1-3-12(4-2)7-15-11-9(12)5-8(13)6-10(11)14/h5-6,15H,3-4,7H2,1-2H3. The van der Waals surface area contributed by atoms with E-state index in [1.54, 1.807) is 6.07 Å². The molecule has 0 saturated heterocycles. The van der Waals surface area contributed by atoms with Crippen LogP contribution in [0.25, 0.3) is 0 Å². The zero-order valence-corrected chi connectivity index (χ0v) is 10.5. The van der Waals surface area contributed by atoms with Crippen LogP contribution in [0.3, 0.4) is 0 Å². The molecule has 0 aromatic heterocycles. The van der Waals surface area contributed by atoms with Crippen molar-refractivity contribution in [2.75, 3.05) is 11.9 Å². The average molecular weight is 244 g/mol. The number of hydrogen-bond donors (Lipinski definition) is 1. The molecule has 0 fully saturated rings. The molecule has 0 aliphatic carbocycles. The summed E-state index contributed by atoms with van der Waals surface area (Å²) in [6, 6.07) is 3.85. The van der Waals surface area contributed by atoms with Gasteiger partial charge in [0.05, 0.1) is 10.7 Å². The van der Waals surface area contributed by atoms with E-state index in [2.05, 4.69) is 25.2 Å². The van der Waals surface area contributed by atoms with Gasteiger partial charge in [0.25, 0.3) is 0 Å². The van der Waals surface area contributed by atoms with Crippen LogP contribution in [0.4, 0.5) is 5.69 Å². The van der Waals surface area contributed by atoms with Crippen molar-refractivity contribution in [3.8, 4) is 0 Å². The summed E-state index contributed by atoms with van der Waals surface area (Å²) in [5.41, 5.74) is 2.57. The lowest BCUT2D eigenvalue weighted by Crippen LogP contribution is -2.26. The number of benzene rings is 1. The predicted octanol–water partition coefficient (Wildman–Crippen LogP) is 4.48. The van der Waals surface area contributed by atoms with Crippen LogP contribution < -0.4 is 5.32 Å². The van der Waals surface area contributed by atoms with E-state index in [1.807, 2.05) is 0 Å². The van der Waals surface area contributed by atoms with Crippen molar-refractivity contribution in [1.29, 1.82) is 0 Å². The van der Waals surface area contributed by atoms with E-state index in [0.29, 0.717) is 0 Å². The van der Waals surface area contributed by atoms with E-state index in [9.17, 15) is 0 Å². The molecular formula is C12H15Cl2N. The van der Waals surface area contributed by atoms with Crippen LogP contribution in [0, 0.1) is 0 Å². The van der Waals surface area contributed by atoms with Crippen molar-refractivity contribution in [3.63, 3.8) is 0 Å². The van der Waals surface area contributed by atoms with Gasteiger partial charge in [-0.05, 0) is 30.5 Å². The van der Waals surface area contributed by atoms with Gasteiger partial charge in [-0.25, -0.2) is 0 Å². The Kier molecular flexibility index (Phi) is 2.87. The molecule has 1 heterocycles. The van der Waals surface area contributed by atoms with Gasteiger partial charge in [-0.3, -0.25) is 0 Å². The van der Waals surface area contributed by atoms with Gasteiger partial charge in [0.1, 0.15) is 0 Å². The minimum absolute atomic E-state index is 0.212. The topological polar surface area (TPSA) is 12.0 Å². The highest BCUT2D eigenvalue weighted by Gasteiger charge is 2.36. The Balaban J connectivity index is 2.59. The summed E-state index contributed by atoms with van der Waals surface area (Å²) in [7, 11) is 0. The van der Waals surface area contributed by atoms with Crippen molar-refractivity contribution in [2.24, 2.45) is 0 Å². The molecule has 3 heteroatoms. The second-order valence-corrected chi connectivity index (χ2v) is 4.99. The van der Waals surface area contributed by atoms with Gasteiger partial charge in [-0.2, -0.15) is 0 Å². The Morgan fingerprint density at radius 2 is 1.93 bits per heavy atom. The molecule has 0 saturated carbocycles. The summed E-state index contributed by atoms with van der Waals surface area (Å²) in [5.74, 6) is 0.